The molecule has 72 valence electrons. The lowest BCUT2D eigenvalue weighted by molar-refractivity contribution is -0.125. The average molecular weight is 184 g/mol. The lowest BCUT2D eigenvalue weighted by Gasteiger charge is -2.26. The zero-order chi connectivity index (χ0) is 9.68. The Morgan fingerprint density at radius 2 is 2.54 bits per heavy atom. The SMILES string of the molecule is [N-]=[N+]=CC(=O)C[C@@H]1OCCC[C@H]1O. The van der Waals surface area contributed by atoms with Crippen molar-refractivity contribution >= 4 is 12.0 Å². The molecule has 1 fully saturated rings. The lowest BCUT2D eigenvalue weighted by Crippen LogP contribution is -2.35. The van der Waals surface area contributed by atoms with E-state index in [0.29, 0.717) is 13.0 Å². The van der Waals surface area contributed by atoms with E-state index in [9.17, 15) is 9.90 Å². The molecule has 0 saturated carbocycles. The van der Waals surface area contributed by atoms with Gasteiger partial charge in [0, 0.05) is 13.0 Å². The van der Waals surface area contributed by atoms with Crippen LogP contribution in [0.25, 0.3) is 5.53 Å². The van der Waals surface area contributed by atoms with E-state index in [0.717, 1.165) is 12.6 Å². The van der Waals surface area contributed by atoms with Gasteiger partial charge in [-0.1, -0.05) is 0 Å². The minimum Gasteiger partial charge on any atom is -0.390 e. The molecule has 1 aliphatic rings. The van der Waals surface area contributed by atoms with Crippen LogP contribution in [0.2, 0.25) is 0 Å². The Hall–Kier alpha value is -1.03. The second-order valence-electron chi connectivity index (χ2n) is 3.03. The summed E-state index contributed by atoms with van der Waals surface area (Å²) in [5, 5.41) is 9.40. The molecule has 1 N–H and O–H groups in total. The number of carbonyl (C=O) groups is 1. The summed E-state index contributed by atoms with van der Waals surface area (Å²) in [6.45, 7) is 0.575. The van der Waals surface area contributed by atoms with Crippen molar-refractivity contribution in [3.63, 3.8) is 0 Å². The van der Waals surface area contributed by atoms with E-state index in [1.807, 2.05) is 0 Å². The van der Waals surface area contributed by atoms with Crippen LogP contribution >= 0.6 is 0 Å². The van der Waals surface area contributed by atoms with Crippen LogP contribution in [0.3, 0.4) is 0 Å². The van der Waals surface area contributed by atoms with Gasteiger partial charge in [0.15, 0.2) is 0 Å². The van der Waals surface area contributed by atoms with E-state index in [4.69, 9.17) is 10.3 Å². The molecule has 0 amide bonds. The molecule has 5 heteroatoms. The average Bonchev–Trinajstić information content (AvgIpc) is 2.09. The molecule has 0 aromatic rings. The van der Waals surface area contributed by atoms with Crippen LogP contribution in [0.1, 0.15) is 19.3 Å². The van der Waals surface area contributed by atoms with Gasteiger partial charge in [-0.2, -0.15) is 4.79 Å². The largest absolute Gasteiger partial charge is 0.390 e. The van der Waals surface area contributed by atoms with Crippen LogP contribution in [-0.2, 0) is 9.53 Å². The number of hydrogen-bond acceptors (Lipinski definition) is 3. The molecule has 0 aromatic heterocycles. The van der Waals surface area contributed by atoms with Gasteiger partial charge in [0.1, 0.15) is 0 Å². The highest BCUT2D eigenvalue weighted by Crippen LogP contribution is 2.16. The maximum absolute atomic E-state index is 11.0. The fraction of sp³-hybridized carbons (Fsp3) is 0.750. The molecule has 2 atom stereocenters. The van der Waals surface area contributed by atoms with Crippen LogP contribution in [0.15, 0.2) is 0 Å². The molecule has 13 heavy (non-hydrogen) atoms. The number of ketones is 1. The summed E-state index contributed by atoms with van der Waals surface area (Å²) in [6, 6.07) is 0. The minimum absolute atomic E-state index is 0.0746. The summed E-state index contributed by atoms with van der Waals surface area (Å²) in [5.74, 6) is -0.339. The number of aliphatic hydroxyl groups is 1. The number of carbonyl (C=O) groups excluding carboxylic acids is 1. The predicted molar refractivity (Wildman–Crippen MR) is 44.3 cm³/mol. The Labute approximate surface area is 75.9 Å². The second kappa shape index (κ2) is 4.87. The first-order chi connectivity index (χ1) is 6.24. The number of aliphatic hydroxyl groups excluding tert-OH is 1. The smallest absolute Gasteiger partial charge is 0.323 e. The minimum atomic E-state index is -0.579. The third-order valence-electron chi connectivity index (χ3n) is 2.01. The first-order valence-electron chi connectivity index (χ1n) is 4.24. The molecular formula is C8H12N2O3. The van der Waals surface area contributed by atoms with E-state index >= 15 is 0 Å². The van der Waals surface area contributed by atoms with Crippen molar-refractivity contribution in [3.8, 4) is 0 Å². The van der Waals surface area contributed by atoms with Gasteiger partial charge in [-0.25, -0.2) is 0 Å². The number of ether oxygens (including phenoxy) is 1. The molecule has 0 unspecified atom stereocenters. The van der Waals surface area contributed by atoms with Gasteiger partial charge in [0.25, 0.3) is 0 Å². The third kappa shape index (κ3) is 3.06. The zero-order valence-electron chi connectivity index (χ0n) is 7.22. The fourth-order valence-electron chi connectivity index (χ4n) is 1.33. The highest BCUT2D eigenvalue weighted by atomic mass is 16.5. The van der Waals surface area contributed by atoms with Crippen LogP contribution in [0.4, 0.5) is 0 Å². The molecule has 5 nitrogen and oxygen atoms in total. The van der Waals surface area contributed by atoms with Crippen molar-refractivity contribution in [2.75, 3.05) is 6.61 Å². The molecule has 0 bridgehead atoms. The van der Waals surface area contributed by atoms with E-state index in [-0.39, 0.29) is 12.2 Å². The molecule has 1 heterocycles. The van der Waals surface area contributed by atoms with Gasteiger partial charge in [-0.05, 0) is 12.8 Å². The van der Waals surface area contributed by atoms with Crippen LogP contribution in [0, 0.1) is 0 Å². The Balaban J connectivity index is 2.42. The molecule has 0 radical (unpaired) electrons. The van der Waals surface area contributed by atoms with E-state index in [1.165, 1.54) is 0 Å². The van der Waals surface area contributed by atoms with Gasteiger partial charge in [0.2, 0.25) is 5.78 Å². The highest BCUT2D eigenvalue weighted by molar-refractivity contribution is 6.25. The molecule has 0 aromatic carbocycles. The van der Waals surface area contributed by atoms with E-state index in [2.05, 4.69) is 4.79 Å². The normalized spacial score (nSPS) is 27.8. The molecule has 0 aliphatic carbocycles. The van der Waals surface area contributed by atoms with Gasteiger partial charge in [-0.3, -0.25) is 4.79 Å². The molecule has 1 aliphatic heterocycles. The standard InChI is InChI=1S/C8H12N2O3/c9-10-5-6(11)4-8-7(12)2-1-3-13-8/h5,7-8,12H,1-4H2/t7-,8+/m1/s1. The Morgan fingerprint density at radius 1 is 1.77 bits per heavy atom. The fourth-order valence-corrected chi connectivity index (χ4v) is 1.33. The topological polar surface area (TPSA) is 82.9 Å². The van der Waals surface area contributed by atoms with Crippen molar-refractivity contribution in [1.29, 1.82) is 0 Å². The Morgan fingerprint density at radius 3 is 3.15 bits per heavy atom. The monoisotopic (exact) mass is 184 g/mol. The first kappa shape index (κ1) is 10.1. The summed E-state index contributed by atoms with van der Waals surface area (Å²) in [5.41, 5.74) is 8.08. The van der Waals surface area contributed by atoms with Crippen LogP contribution < -0.4 is 0 Å². The Bertz CT molecular complexity index is 236. The van der Waals surface area contributed by atoms with Gasteiger partial charge >= 0.3 is 6.21 Å². The maximum Gasteiger partial charge on any atom is 0.323 e. The molecule has 1 rings (SSSR count). The van der Waals surface area contributed by atoms with Gasteiger partial charge in [-0.15, -0.1) is 0 Å². The Kier molecular flexibility index (Phi) is 3.76. The van der Waals surface area contributed by atoms with Gasteiger partial charge < -0.3 is 15.4 Å². The summed E-state index contributed by atoms with van der Waals surface area (Å²) in [7, 11) is 0. The third-order valence-corrected chi connectivity index (χ3v) is 2.01. The summed E-state index contributed by atoms with van der Waals surface area (Å²) < 4.78 is 5.19. The number of nitrogens with zero attached hydrogens (tertiary/aromatic N) is 2. The maximum atomic E-state index is 11.0. The van der Waals surface area contributed by atoms with Crippen LogP contribution in [-0.4, -0.2) is 40.7 Å². The van der Waals surface area contributed by atoms with Crippen molar-refractivity contribution < 1.29 is 19.4 Å². The van der Waals surface area contributed by atoms with Crippen molar-refractivity contribution in [2.45, 2.75) is 31.5 Å². The quantitative estimate of drug-likeness (QED) is 0.374. The molecular weight excluding hydrogens is 172 g/mol. The van der Waals surface area contributed by atoms with Crippen molar-refractivity contribution in [2.24, 2.45) is 0 Å². The number of rotatable bonds is 3. The lowest BCUT2D eigenvalue weighted by atomic mass is 10.0. The van der Waals surface area contributed by atoms with Crippen molar-refractivity contribution in [3.05, 3.63) is 5.53 Å². The molecule has 0 spiro atoms. The number of hydrogen-bond donors (Lipinski definition) is 1. The summed E-state index contributed by atoms with van der Waals surface area (Å²) in [4.78, 5) is 13.6. The van der Waals surface area contributed by atoms with E-state index < -0.39 is 12.2 Å². The predicted octanol–water partition coefficient (Wildman–Crippen LogP) is -0.214. The summed E-state index contributed by atoms with van der Waals surface area (Å²) in [6.07, 6.45) is 1.36. The highest BCUT2D eigenvalue weighted by Gasteiger charge is 2.26. The van der Waals surface area contributed by atoms with E-state index in [1.54, 1.807) is 0 Å². The van der Waals surface area contributed by atoms with Gasteiger partial charge in [0.05, 0.1) is 12.2 Å². The van der Waals surface area contributed by atoms with Crippen molar-refractivity contribution in [1.82, 2.24) is 0 Å². The zero-order valence-corrected chi connectivity index (χ0v) is 7.22. The molecule has 1 saturated heterocycles. The summed E-state index contributed by atoms with van der Waals surface area (Å²) >= 11 is 0. The first-order valence-corrected chi connectivity index (χ1v) is 4.24. The van der Waals surface area contributed by atoms with Crippen LogP contribution in [0.5, 0.6) is 0 Å². The second-order valence-corrected chi connectivity index (χ2v) is 3.03. The number of Topliss-reactive ketones (excluding diaryl/α,β-unsaturated/α-hetero) is 1.